The minimum absolute atomic E-state index is 0.103. The van der Waals surface area contributed by atoms with Crippen LogP contribution in [0.15, 0.2) is 182 Å². The van der Waals surface area contributed by atoms with Crippen molar-refractivity contribution in [1.82, 2.24) is 0 Å². The summed E-state index contributed by atoms with van der Waals surface area (Å²) in [6.45, 7) is 4.76. The molecule has 1 aliphatic carbocycles. The van der Waals surface area contributed by atoms with Crippen LogP contribution in [0.4, 0.5) is 0 Å². The normalized spacial score (nSPS) is 13.2. The minimum atomic E-state index is -0.103. The molecule has 0 radical (unpaired) electrons. The second-order valence-electron chi connectivity index (χ2n) is 15.3. The molecule has 0 saturated heterocycles. The van der Waals surface area contributed by atoms with Gasteiger partial charge in [-0.05, 0) is 146 Å². The quantitative estimate of drug-likeness (QED) is 0.164. The third-order valence-electron chi connectivity index (χ3n) is 12.0. The highest BCUT2D eigenvalue weighted by Gasteiger charge is 2.36. The first-order chi connectivity index (χ1) is 26.0. The van der Waals surface area contributed by atoms with Crippen molar-refractivity contribution in [1.29, 1.82) is 0 Å². The van der Waals surface area contributed by atoms with E-state index >= 15 is 0 Å². The topological polar surface area (TPSA) is 0 Å². The Labute approximate surface area is 309 Å². The summed E-state index contributed by atoms with van der Waals surface area (Å²) in [5.74, 6) is 0. The second kappa shape index (κ2) is 11.2. The van der Waals surface area contributed by atoms with Gasteiger partial charge in [0.2, 0.25) is 0 Å². The van der Waals surface area contributed by atoms with Crippen molar-refractivity contribution in [2.24, 2.45) is 0 Å². The number of hydrogen-bond donors (Lipinski definition) is 0. The summed E-state index contributed by atoms with van der Waals surface area (Å²) in [6, 6.07) is 68.0. The average molecular weight is 673 g/mol. The van der Waals surface area contributed by atoms with Gasteiger partial charge in [-0.3, -0.25) is 0 Å². The Hall–Kier alpha value is -6.50. The molecule has 53 heavy (non-hydrogen) atoms. The van der Waals surface area contributed by atoms with E-state index in [0.29, 0.717) is 0 Å². The molecule has 0 N–H and O–H groups in total. The standard InChI is InChI=1S/C53H36/c1-53(2)50-31-40(37-17-15-33-9-3-4-11-35(33)27-37)23-25-46(50)47-26-24-41(32-51(47)53)38-18-19-39-29-42(21-20-36(39)28-38)49-30-43-22-16-34-10-5-6-12-44(34)52(43)48-14-8-7-13-45(48)49/h3-32H,1-2H3. The van der Waals surface area contributed by atoms with E-state index in [9.17, 15) is 0 Å². The van der Waals surface area contributed by atoms with Crippen molar-refractivity contribution in [2.75, 3.05) is 0 Å². The van der Waals surface area contributed by atoms with Gasteiger partial charge in [-0.15, -0.1) is 0 Å². The van der Waals surface area contributed by atoms with Gasteiger partial charge in [-0.2, -0.15) is 0 Å². The van der Waals surface area contributed by atoms with Crippen molar-refractivity contribution >= 4 is 53.9 Å². The van der Waals surface area contributed by atoms with Crippen molar-refractivity contribution in [3.05, 3.63) is 193 Å². The molecule has 0 amide bonds. The number of rotatable bonds is 3. The molecular weight excluding hydrogens is 637 g/mol. The fourth-order valence-corrected chi connectivity index (χ4v) is 9.18. The predicted octanol–water partition coefficient (Wildman–Crippen LogP) is 14.8. The van der Waals surface area contributed by atoms with Crippen LogP contribution in [-0.2, 0) is 5.41 Å². The summed E-state index contributed by atoms with van der Waals surface area (Å²) in [5, 5.41) is 12.9. The Balaban J connectivity index is 0.957. The molecule has 0 spiro atoms. The van der Waals surface area contributed by atoms with Crippen LogP contribution in [0.25, 0.3) is 98.4 Å². The molecule has 0 nitrogen and oxygen atoms in total. The molecule has 11 rings (SSSR count). The maximum Gasteiger partial charge on any atom is 0.0159 e. The molecule has 10 aromatic rings. The van der Waals surface area contributed by atoms with E-state index in [2.05, 4.69) is 196 Å². The summed E-state index contributed by atoms with van der Waals surface area (Å²) in [7, 11) is 0. The molecule has 10 aromatic carbocycles. The Morgan fingerprint density at radius 2 is 0.717 bits per heavy atom. The molecule has 0 heteroatoms. The summed E-state index contributed by atoms with van der Waals surface area (Å²) >= 11 is 0. The lowest BCUT2D eigenvalue weighted by Crippen LogP contribution is -2.15. The molecule has 248 valence electrons. The zero-order chi connectivity index (χ0) is 35.3. The van der Waals surface area contributed by atoms with Crippen molar-refractivity contribution in [2.45, 2.75) is 19.3 Å². The number of hydrogen-bond acceptors (Lipinski definition) is 0. The van der Waals surface area contributed by atoms with Crippen LogP contribution in [0.3, 0.4) is 0 Å². The van der Waals surface area contributed by atoms with Gasteiger partial charge in [0.1, 0.15) is 0 Å². The van der Waals surface area contributed by atoms with Gasteiger partial charge in [-0.1, -0.05) is 159 Å². The molecule has 0 aliphatic heterocycles. The third kappa shape index (κ3) is 4.62. The Morgan fingerprint density at radius 3 is 1.40 bits per heavy atom. The van der Waals surface area contributed by atoms with Gasteiger partial charge in [-0.25, -0.2) is 0 Å². The monoisotopic (exact) mass is 672 g/mol. The van der Waals surface area contributed by atoms with Crippen LogP contribution in [0.1, 0.15) is 25.0 Å². The fraction of sp³-hybridized carbons (Fsp3) is 0.0566. The van der Waals surface area contributed by atoms with Gasteiger partial charge >= 0.3 is 0 Å². The summed E-state index contributed by atoms with van der Waals surface area (Å²) in [6.07, 6.45) is 0. The highest BCUT2D eigenvalue weighted by atomic mass is 14.4. The van der Waals surface area contributed by atoms with Crippen LogP contribution < -0.4 is 0 Å². The van der Waals surface area contributed by atoms with Gasteiger partial charge in [0.05, 0.1) is 0 Å². The zero-order valence-corrected chi connectivity index (χ0v) is 29.8. The lowest BCUT2D eigenvalue weighted by molar-refractivity contribution is 0.661. The zero-order valence-electron chi connectivity index (χ0n) is 29.8. The van der Waals surface area contributed by atoms with Gasteiger partial charge < -0.3 is 0 Å². The average Bonchev–Trinajstić information content (AvgIpc) is 3.44. The lowest BCUT2D eigenvalue weighted by atomic mass is 9.80. The molecule has 1 aliphatic rings. The Bertz CT molecular complexity index is 3140. The molecule has 0 saturated carbocycles. The Kier molecular flexibility index (Phi) is 6.40. The number of fused-ring (bicyclic) bond motifs is 10. The third-order valence-corrected chi connectivity index (χ3v) is 12.0. The molecule has 0 unspecified atom stereocenters. The SMILES string of the molecule is CC1(C)c2cc(-c3ccc4ccccc4c3)ccc2-c2ccc(-c3ccc4cc(-c5cc6ccc7ccccc7c6c6ccccc56)ccc4c3)cc21. The summed E-state index contributed by atoms with van der Waals surface area (Å²) in [5.41, 5.74) is 13.0. The van der Waals surface area contributed by atoms with Gasteiger partial charge in [0.25, 0.3) is 0 Å². The summed E-state index contributed by atoms with van der Waals surface area (Å²) < 4.78 is 0. The van der Waals surface area contributed by atoms with E-state index in [1.165, 1.54) is 109 Å². The molecule has 0 heterocycles. The van der Waals surface area contributed by atoms with Crippen LogP contribution in [0.5, 0.6) is 0 Å². The van der Waals surface area contributed by atoms with E-state index in [4.69, 9.17) is 0 Å². The predicted molar refractivity (Wildman–Crippen MR) is 228 cm³/mol. The molecular formula is C53H36. The second-order valence-corrected chi connectivity index (χ2v) is 15.3. The lowest BCUT2D eigenvalue weighted by Gasteiger charge is -2.23. The van der Waals surface area contributed by atoms with Crippen molar-refractivity contribution in [3.8, 4) is 44.5 Å². The maximum atomic E-state index is 2.44. The summed E-state index contributed by atoms with van der Waals surface area (Å²) in [4.78, 5) is 0. The van der Waals surface area contributed by atoms with E-state index < -0.39 is 0 Å². The van der Waals surface area contributed by atoms with E-state index in [1.54, 1.807) is 0 Å². The first-order valence-corrected chi connectivity index (χ1v) is 18.7. The van der Waals surface area contributed by atoms with E-state index in [0.717, 1.165) is 0 Å². The largest absolute Gasteiger partial charge is 0.0616 e. The molecule has 0 fully saturated rings. The van der Waals surface area contributed by atoms with Crippen LogP contribution in [0, 0.1) is 0 Å². The van der Waals surface area contributed by atoms with Crippen molar-refractivity contribution in [3.63, 3.8) is 0 Å². The van der Waals surface area contributed by atoms with Gasteiger partial charge in [0.15, 0.2) is 0 Å². The highest BCUT2D eigenvalue weighted by molar-refractivity contribution is 6.23. The minimum Gasteiger partial charge on any atom is -0.0616 e. The molecule has 0 bridgehead atoms. The van der Waals surface area contributed by atoms with Crippen LogP contribution in [0.2, 0.25) is 0 Å². The van der Waals surface area contributed by atoms with Crippen LogP contribution in [-0.4, -0.2) is 0 Å². The van der Waals surface area contributed by atoms with E-state index in [1.807, 2.05) is 0 Å². The van der Waals surface area contributed by atoms with Gasteiger partial charge in [0, 0.05) is 5.41 Å². The van der Waals surface area contributed by atoms with Crippen LogP contribution >= 0.6 is 0 Å². The van der Waals surface area contributed by atoms with Crippen molar-refractivity contribution < 1.29 is 0 Å². The smallest absolute Gasteiger partial charge is 0.0159 e. The maximum absolute atomic E-state index is 2.44. The van der Waals surface area contributed by atoms with E-state index in [-0.39, 0.29) is 5.41 Å². The number of benzene rings is 10. The molecule has 0 aromatic heterocycles. The first kappa shape index (κ1) is 30.2. The Morgan fingerprint density at radius 1 is 0.283 bits per heavy atom. The fourth-order valence-electron chi connectivity index (χ4n) is 9.18. The first-order valence-electron chi connectivity index (χ1n) is 18.7. The highest BCUT2D eigenvalue weighted by Crippen LogP contribution is 2.51. The molecule has 0 atom stereocenters.